The van der Waals surface area contributed by atoms with Gasteiger partial charge >= 0.3 is 0 Å². The fraction of sp³-hybridized carbons (Fsp3) is 0.481. The molecular weight excluding hydrogens is 366 g/mol. The van der Waals surface area contributed by atoms with Crippen LogP contribution in [0.4, 0.5) is 11.4 Å². The molecule has 0 spiro atoms. The van der Waals surface area contributed by atoms with Gasteiger partial charge in [-0.05, 0) is 65.8 Å². The summed E-state index contributed by atoms with van der Waals surface area (Å²) in [6, 6.07) is 15.4. The van der Waals surface area contributed by atoms with E-state index in [9.17, 15) is 0 Å². The highest BCUT2D eigenvalue weighted by molar-refractivity contribution is 5.72. The minimum absolute atomic E-state index is 0.296. The van der Waals surface area contributed by atoms with Crippen molar-refractivity contribution in [3.05, 3.63) is 59.2 Å². The maximum Gasteiger partial charge on any atom is 0.0386 e. The lowest BCUT2D eigenvalue weighted by Crippen LogP contribution is -2.23. The number of nitrogens with zero attached hydrogens (tertiary/aromatic N) is 1. The first-order valence-electron chi connectivity index (χ1n) is 11.4. The molecule has 2 aromatic carbocycles. The molecular formula is C27H41N3. The van der Waals surface area contributed by atoms with E-state index in [1.165, 1.54) is 40.9 Å². The average molecular weight is 408 g/mol. The van der Waals surface area contributed by atoms with Gasteiger partial charge in [-0.25, -0.2) is 0 Å². The molecule has 0 unspecified atom stereocenters. The van der Waals surface area contributed by atoms with Crippen LogP contribution in [-0.2, 0) is 6.54 Å². The van der Waals surface area contributed by atoms with E-state index in [0.717, 1.165) is 26.1 Å². The van der Waals surface area contributed by atoms with E-state index in [-0.39, 0.29) is 0 Å². The summed E-state index contributed by atoms with van der Waals surface area (Å²) >= 11 is 0. The summed E-state index contributed by atoms with van der Waals surface area (Å²) in [5.41, 5.74) is 6.55. The van der Waals surface area contributed by atoms with Crippen LogP contribution in [0.5, 0.6) is 0 Å². The van der Waals surface area contributed by atoms with E-state index < -0.39 is 0 Å². The second kappa shape index (κ2) is 11.8. The van der Waals surface area contributed by atoms with E-state index in [4.69, 9.17) is 0 Å². The highest BCUT2D eigenvalue weighted by atomic mass is 15.1. The van der Waals surface area contributed by atoms with E-state index in [0.29, 0.717) is 5.41 Å². The monoisotopic (exact) mass is 407 g/mol. The first kappa shape index (κ1) is 24.0. The Labute approximate surface area is 184 Å². The fourth-order valence-corrected chi connectivity index (χ4v) is 3.10. The number of hydrogen-bond donors (Lipinski definition) is 2. The molecule has 0 heterocycles. The lowest BCUT2D eigenvalue weighted by atomic mass is 9.90. The SMILES string of the molecule is CCCCNCc1cc(/C=C/c2ccc(N(C)C)cc2)ccc1NCC(C)(C)CC. The van der Waals surface area contributed by atoms with Gasteiger partial charge in [0, 0.05) is 38.6 Å². The van der Waals surface area contributed by atoms with Crippen molar-refractivity contribution in [2.45, 2.75) is 53.5 Å². The fourth-order valence-electron chi connectivity index (χ4n) is 3.10. The topological polar surface area (TPSA) is 27.3 Å². The van der Waals surface area contributed by atoms with Crippen LogP contribution in [0.1, 0.15) is 63.6 Å². The van der Waals surface area contributed by atoms with Crippen molar-refractivity contribution in [3.8, 4) is 0 Å². The Morgan fingerprint density at radius 1 is 0.933 bits per heavy atom. The molecule has 0 aromatic heterocycles. The van der Waals surface area contributed by atoms with Gasteiger partial charge in [0.1, 0.15) is 0 Å². The molecule has 30 heavy (non-hydrogen) atoms. The third-order valence-corrected chi connectivity index (χ3v) is 5.74. The van der Waals surface area contributed by atoms with Crippen LogP contribution in [0.3, 0.4) is 0 Å². The van der Waals surface area contributed by atoms with Crippen LogP contribution in [0, 0.1) is 5.41 Å². The van der Waals surface area contributed by atoms with Crippen molar-refractivity contribution < 1.29 is 0 Å². The summed E-state index contributed by atoms with van der Waals surface area (Å²) in [5.74, 6) is 0. The first-order chi connectivity index (χ1) is 14.3. The Kier molecular flexibility index (Phi) is 9.45. The number of rotatable bonds is 12. The van der Waals surface area contributed by atoms with Gasteiger partial charge in [0.05, 0.1) is 0 Å². The Balaban J connectivity index is 2.14. The normalized spacial score (nSPS) is 11.8. The number of benzene rings is 2. The maximum atomic E-state index is 3.69. The number of nitrogens with one attached hydrogen (secondary N) is 2. The summed E-state index contributed by atoms with van der Waals surface area (Å²) < 4.78 is 0. The smallest absolute Gasteiger partial charge is 0.0386 e. The molecule has 0 atom stereocenters. The number of unbranched alkanes of at least 4 members (excludes halogenated alkanes) is 1. The van der Waals surface area contributed by atoms with Crippen molar-refractivity contribution in [2.24, 2.45) is 5.41 Å². The van der Waals surface area contributed by atoms with Gasteiger partial charge in [0.25, 0.3) is 0 Å². The molecule has 0 aliphatic rings. The summed E-state index contributed by atoms with van der Waals surface area (Å²) in [5, 5.41) is 7.30. The molecule has 164 valence electrons. The molecule has 2 rings (SSSR count). The van der Waals surface area contributed by atoms with Crippen LogP contribution in [0.15, 0.2) is 42.5 Å². The molecule has 0 saturated carbocycles. The summed E-state index contributed by atoms with van der Waals surface area (Å²) in [6.07, 6.45) is 8.00. The Hall–Kier alpha value is -2.26. The van der Waals surface area contributed by atoms with E-state index >= 15 is 0 Å². The zero-order valence-corrected chi connectivity index (χ0v) is 19.9. The van der Waals surface area contributed by atoms with Gasteiger partial charge < -0.3 is 15.5 Å². The molecule has 0 bridgehead atoms. The molecule has 0 saturated heterocycles. The summed E-state index contributed by atoms with van der Waals surface area (Å²) in [4.78, 5) is 2.12. The third kappa shape index (κ3) is 7.87. The third-order valence-electron chi connectivity index (χ3n) is 5.74. The summed E-state index contributed by atoms with van der Waals surface area (Å²) in [7, 11) is 4.14. The molecule has 0 fully saturated rings. The molecule has 0 amide bonds. The number of anilines is 2. The minimum atomic E-state index is 0.296. The van der Waals surface area contributed by atoms with Gasteiger partial charge in [0.2, 0.25) is 0 Å². The van der Waals surface area contributed by atoms with Crippen molar-refractivity contribution in [1.29, 1.82) is 0 Å². The first-order valence-corrected chi connectivity index (χ1v) is 11.4. The van der Waals surface area contributed by atoms with Gasteiger partial charge in [-0.2, -0.15) is 0 Å². The minimum Gasteiger partial charge on any atom is -0.384 e. The number of hydrogen-bond acceptors (Lipinski definition) is 3. The van der Waals surface area contributed by atoms with Gasteiger partial charge in [-0.3, -0.25) is 0 Å². The molecule has 2 N–H and O–H groups in total. The predicted molar refractivity (Wildman–Crippen MR) is 135 cm³/mol. The van der Waals surface area contributed by atoms with Gasteiger partial charge in [0.15, 0.2) is 0 Å². The second-order valence-electron chi connectivity index (χ2n) is 9.14. The highest BCUT2D eigenvalue weighted by Crippen LogP contribution is 2.24. The highest BCUT2D eigenvalue weighted by Gasteiger charge is 2.15. The maximum absolute atomic E-state index is 3.69. The standard InChI is InChI=1S/C27H41N3/c1-7-9-18-28-20-24-19-23(14-17-26(24)29-21-27(3,4)8-2)11-10-22-12-15-25(16-13-22)30(5)6/h10-17,19,28-29H,7-9,18,20-21H2,1-6H3/b11-10+. The van der Waals surface area contributed by atoms with Crippen LogP contribution in [-0.4, -0.2) is 27.2 Å². The molecule has 0 radical (unpaired) electrons. The van der Waals surface area contributed by atoms with Crippen LogP contribution in [0.25, 0.3) is 12.2 Å². The zero-order chi connectivity index (χ0) is 22.0. The molecule has 3 nitrogen and oxygen atoms in total. The lowest BCUT2D eigenvalue weighted by molar-refractivity contribution is 0.377. The zero-order valence-electron chi connectivity index (χ0n) is 19.9. The van der Waals surface area contributed by atoms with E-state index in [2.05, 4.69) is 112 Å². The quantitative estimate of drug-likeness (QED) is 0.304. The Morgan fingerprint density at radius 3 is 2.23 bits per heavy atom. The van der Waals surface area contributed by atoms with Crippen molar-refractivity contribution in [2.75, 3.05) is 37.4 Å². The Morgan fingerprint density at radius 2 is 1.60 bits per heavy atom. The van der Waals surface area contributed by atoms with Gasteiger partial charge in [-0.15, -0.1) is 0 Å². The summed E-state index contributed by atoms with van der Waals surface area (Å²) in [6.45, 7) is 12.1. The average Bonchev–Trinajstić information content (AvgIpc) is 2.74. The van der Waals surface area contributed by atoms with Crippen LogP contribution in [0.2, 0.25) is 0 Å². The molecule has 0 aliphatic carbocycles. The lowest BCUT2D eigenvalue weighted by Gasteiger charge is -2.25. The van der Waals surface area contributed by atoms with Crippen molar-refractivity contribution >= 4 is 23.5 Å². The van der Waals surface area contributed by atoms with Crippen molar-refractivity contribution in [1.82, 2.24) is 5.32 Å². The molecule has 0 aliphatic heterocycles. The largest absolute Gasteiger partial charge is 0.384 e. The van der Waals surface area contributed by atoms with Crippen LogP contribution < -0.4 is 15.5 Å². The van der Waals surface area contributed by atoms with E-state index in [1.807, 2.05) is 0 Å². The molecule has 3 heteroatoms. The Bertz CT molecular complexity index is 788. The van der Waals surface area contributed by atoms with E-state index in [1.54, 1.807) is 0 Å². The predicted octanol–water partition coefficient (Wildman–Crippen LogP) is 6.66. The second-order valence-corrected chi connectivity index (χ2v) is 9.14. The van der Waals surface area contributed by atoms with Gasteiger partial charge in [-0.1, -0.05) is 64.5 Å². The van der Waals surface area contributed by atoms with Crippen LogP contribution >= 0.6 is 0 Å². The molecule has 2 aromatic rings. The van der Waals surface area contributed by atoms with Crippen molar-refractivity contribution in [3.63, 3.8) is 0 Å².